The van der Waals surface area contributed by atoms with Crippen molar-refractivity contribution in [2.24, 2.45) is 5.73 Å². The van der Waals surface area contributed by atoms with Gasteiger partial charge in [-0.25, -0.2) is 9.18 Å². The minimum atomic E-state index is -0.851. The first-order valence-corrected chi connectivity index (χ1v) is 7.26. The van der Waals surface area contributed by atoms with Crippen LogP contribution in [0.2, 0.25) is 5.02 Å². The minimum Gasteiger partial charge on any atom is -0.441 e. The highest BCUT2D eigenvalue weighted by Crippen LogP contribution is 2.36. The smallest absolute Gasteiger partial charge is 0.405 e. The molecular weight excluding hydrogens is 325 g/mol. The number of primary amides is 1. The third-order valence-corrected chi connectivity index (χ3v) is 3.98. The van der Waals surface area contributed by atoms with Crippen molar-refractivity contribution in [3.63, 3.8) is 0 Å². The molecule has 0 spiro atoms. The molecule has 2 amide bonds. The van der Waals surface area contributed by atoms with Crippen molar-refractivity contribution in [2.45, 2.75) is 18.9 Å². The summed E-state index contributed by atoms with van der Waals surface area (Å²) < 4.78 is 18.1. The van der Waals surface area contributed by atoms with E-state index in [9.17, 15) is 14.0 Å². The van der Waals surface area contributed by atoms with Gasteiger partial charge in [0.15, 0.2) is 0 Å². The van der Waals surface area contributed by atoms with Crippen molar-refractivity contribution in [3.05, 3.63) is 52.1 Å². The Labute approximate surface area is 135 Å². The molecule has 1 aromatic heterocycles. The Morgan fingerprint density at radius 1 is 1.43 bits per heavy atom. The predicted octanol–water partition coefficient (Wildman–Crippen LogP) is 3.14. The number of nitrogens with one attached hydrogen (secondary N) is 2. The van der Waals surface area contributed by atoms with Crippen molar-refractivity contribution in [1.82, 2.24) is 4.98 Å². The molecule has 1 unspecified atom stereocenters. The van der Waals surface area contributed by atoms with Crippen molar-refractivity contribution >= 4 is 29.3 Å². The van der Waals surface area contributed by atoms with E-state index in [1.54, 1.807) is 6.20 Å². The topological polar surface area (TPSA) is 97.2 Å². The molecule has 0 aliphatic heterocycles. The van der Waals surface area contributed by atoms with Gasteiger partial charge < -0.3 is 20.8 Å². The van der Waals surface area contributed by atoms with Gasteiger partial charge in [0, 0.05) is 17.4 Å². The highest BCUT2D eigenvalue weighted by molar-refractivity contribution is 6.31. The average molecular weight is 338 g/mol. The molecule has 1 aliphatic rings. The zero-order valence-corrected chi connectivity index (χ0v) is 12.6. The van der Waals surface area contributed by atoms with Gasteiger partial charge in [0.25, 0.3) is 5.91 Å². The molecule has 0 saturated heterocycles. The number of aromatic amines is 1. The van der Waals surface area contributed by atoms with Crippen LogP contribution in [0, 0.1) is 5.82 Å². The number of rotatable bonds is 3. The molecule has 4 N–H and O–H groups in total. The zero-order valence-electron chi connectivity index (χ0n) is 11.9. The number of H-pyrrole nitrogens is 1. The van der Waals surface area contributed by atoms with E-state index in [-0.39, 0.29) is 10.9 Å². The summed E-state index contributed by atoms with van der Waals surface area (Å²) in [7, 11) is 0. The average Bonchev–Trinajstić information content (AvgIpc) is 3.05. The fourth-order valence-electron chi connectivity index (χ4n) is 2.69. The number of benzene rings is 1. The Morgan fingerprint density at radius 3 is 2.91 bits per heavy atom. The number of amides is 2. The number of carbonyl (C=O) groups is 2. The van der Waals surface area contributed by atoms with Crippen molar-refractivity contribution in [3.8, 4) is 0 Å². The number of aromatic nitrogens is 1. The van der Waals surface area contributed by atoms with Crippen molar-refractivity contribution < 1.29 is 18.7 Å². The van der Waals surface area contributed by atoms with Crippen LogP contribution in [-0.2, 0) is 11.2 Å². The molecule has 2 aromatic rings. The lowest BCUT2D eigenvalue weighted by atomic mass is 10.1. The maximum atomic E-state index is 13.1. The van der Waals surface area contributed by atoms with E-state index in [1.165, 1.54) is 18.2 Å². The first-order chi connectivity index (χ1) is 11.0. The fraction of sp³-hybridized carbons (Fsp3) is 0.200. The van der Waals surface area contributed by atoms with Crippen LogP contribution in [0.5, 0.6) is 0 Å². The van der Waals surface area contributed by atoms with Gasteiger partial charge in [-0.1, -0.05) is 11.6 Å². The molecular formula is C15H13ClFN3O3. The number of carbonyl (C=O) groups excluding carboxylic acids is 2. The monoisotopic (exact) mass is 337 g/mol. The lowest BCUT2D eigenvalue weighted by Gasteiger charge is -2.08. The largest absolute Gasteiger partial charge is 0.441 e. The minimum absolute atomic E-state index is 0.0746. The van der Waals surface area contributed by atoms with E-state index in [1.807, 2.05) is 0 Å². The number of anilines is 1. The van der Waals surface area contributed by atoms with E-state index in [0.717, 1.165) is 11.1 Å². The molecule has 0 radical (unpaired) electrons. The van der Waals surface area contributed by atoms with E-state index >= 15 is 0 Å². The normalized spacial score (nSPS) is 16.0. The second kappa shape index (κ2) is 5.92. The molecule has 120 valence electrons. The SMILES string of the molecule is NC(=O)OC1CCc2c1c[nH]c2C(=O)Nc1ccc(F)c(Cl)c1. The molecule has 0 saturated carbocycles. The number of ether oxygens (including phenoxy) is 1. The fourth-order valence-corrected chi connectivity index (χ4v) is 2.87. The Balaban J connectivity index is 1.79. The lowest BCUT2D eigenvalue weighted by molar-refractivity contribution is 0.101. The summed E-state index contributed by atoms with van der Waals surface area (Å²) in [6.45, 7) is 0. The maximum absolute atomic E-state index is 13.1. The Kier molecular flexibility index (Phi) is 3.96. The number of fused-ring (bicyclic) bond motifs is 1. The van der Waals surface area contributed by atoms with E-state index < -0.39 is 18.0 Å². The third kappa shape index (κ3) is 3.00. The summed E-state index contributed by atoms with van der Waals surface area (Å²) in [6.07, 6.45) is 1.49. The highest BCUT2D eigenvalue weighted by Gasteiger charge is 2.30. The number of halogens is 2. The maximum Gasteiger partial charge on any atom is 0.405 e. The van der Waals surface area contributed by atoms with Crippen LogP contribution < -0.4 is 11.1 Å². The first kappa shape index (κ1) is 15.4. The van der Waals surface area contributed by atoms with Gasteiger partial charge in [0.1, 0.15) is 17.6 Å². The molecule has 23 heavy (non-hydrogen) atoms. The summed E-state index contributed by atoms with van der Waals surface area (Å²) >= 11 is 5.69. The van der Waals surface area contributed by atoms with E-state index in [2.05, 4.69) is 10.3 Å². The first-order valence-electron chi connectivity index (χ1n) is 6.88. The predicted molar refractivity (Wildman–Crippen MR) is 81.9 cm³/mol. The van der Waals surface area contributed by atoms with E-state index in [0.29, 0.717) is 24.2 Å². The summed E-state index contributed by atoms with van der Waals surface area (Å²) in [5.41, 5.74) is 7.31. The van der Waals surface area contributed by atoms with Gasteiger partial charge in [-0.3, -0.25) is 4.79 Å². The van der Waals surface area contributed by atoms with Crippen LogP contribution in [-0.4, -0.2) is 17.0 Å². The van der Waals surface area contributed by atoms with Gasteiger partial charge in [-0.2, -0.15) is 0 Å². The van der Waals surface area contributed by atoms with Crippen molar-refractivity contribution in [1.29, 1.82) is 0 Å². The number of hydrogen-bond acceptors (Lipinski definition) is 3. The second-order valence-electron chi connectivity index (χ2n) is 5.14. The summed E-state index contributed by atoms with van der Waals surface area (Å²) in [5.74, 6) is -0.939. The molecule has 1 heterocycles. The Bertz CT molecular complexity index is 790. The van der Waals surface area contributed by atoms with Gasteiger partial charge in [-0.15, -0.1) is 0 Å². The second-order valence-corrected chi connectivity index (χ2v) is 5.55. The Hall–Kier alpha value is -2.54. The molecule has 3 rings (SSSR count). The van der Waals surface area contributed by atoms with Crippen molar-refractivity contribution in [2.75, 3.05) is 5.32 Å². The highest BCUT2D eigenvalue weighted by atomic mass is 35.5. The zero-order chi connectivity index (χ0) is 16.6. The summed E-state index contributed by atoms with van der Waals surface area (Å²) in [6, 6.07) is 3.92. The van der Waals surface area contributed by atoms with Crippen LogP contribution in [0.3, 0.4) is 0 Å². The van der Waals surface area contributed by atoms with E-state index in [4.69, 9.17) is 22.1 Å². The standard InChI is InChI=1S/C15H13ClFN3O3/c16-10-5-7(1-3-11(10)17)20-14(21)13-8-2-4-12(23-15(18)22)9(8)6-19-13/h1,3,5-6,12,19H,2,4H2,(H2,18,22)(H,20,21). The van der Waals surface area contributed by atoms with Crippen LogP contribution in [0.25, 0.3) is 0 Å². The molecule has 1 atom stereocenters. The molecule has 6 nitrogen and oxygen atoms in total. The molecule has 8 heteroatoms. The number of hydrogen-bond donors (Lipinski definition) is 3. The molecule has 0 fully saturated rings. The van der Waals surface area contributed by atoms with Gasteiger partial charge >= 0.3 is 6.09 Å². The third-order valence-electron chi connectivity index (χ3n) is 3.69. The van der Waals surface area contributed by atoms with Crippen LogP contribution in [0.15, 0.2) is 24.4 Å². The lowest BCUT2D eigenvalue weighted by Crippen LogP contribution is -2.15. The van der Waals surface area contributed by atoms with Crippen LogP contribution in [0.1, 0.15) is 34.1 Å². The van der Waals surface area contributed by atoms with Crippen LogP contribution in [0.4, 0.5) is 14.9 Å². The quantitative estimate of drug-likeness (QED) is 0.802. The Morgan fingerprint density at radius 2 is 2.22 bits per heavy atom. The van der Waals surface area contributed by atoms with Gasteiger partial charge in [-0.05, 0) is 36.6 Å². The summed E-state index contributed by atoms with van der Waals surface area (Å²) in [4.78, 5) is 26.1. The summed E-state index contributed by atoms with van der Waals surface area (Å²) in [5, 5.41) is 2.57. The molecule has 0 bridgehead atoms. The van der Waals surface area contributed by atoms with Gasteiger partial charge in [0.05, 0.1) is 5.02 Å². The number of nitrogens with two attached hydrogens (primary N) is 1. The molecule has 1 aromatic carbocycles. The molecule has 1 aliphatic carbocycles. The van der Waals surface area contributed by atoms with Gasteiger partial charge in [0.2, 0.25) is 0 Å². The van der Waals surface area contributed by atoms with Crippen LogP contribution >= 0.6 is 11.6 Å².